The Balaban J connectivity index is 1.70. The van der Waals surface area contributed by atoms with Crippen molar-refractivity contribution in [1.82, 2.24) is 5.32 Å². The highest BCUT2D eigenvalue weighted by atomic mass is 32.2. The highest BCUT2D eigenvalue weighted by Gasteiger charge is 2.25. The first-order valence-corrected chi connectivity index (χ1v) is 9.47. The Kier molecular flexibility index (Phi) is 4.68. The molecule has 23 heavy (non-hydrogen) atoms. The van der Waals surface area contributed by atoms with E-state index in [4.69, 9.17) is 4.74 Å². The summed E-state index contributed by atoms with van der Waals surface area (Å²) in [6.45, 7) is 2.56. The zero-order valence-corrected chi connectivity index (χ0v) is 13.9. The third kappa shape index (κ3) is 3.74. The zero-order chi connectivity index (χ0) is 16.3. The van der Waals surface area contributed by atoms with Gasteiger partial charge in [-0.2, -0.15) is 0 Å². The first kappa shape index (κ1) is 16.0. The number of hydrogen-bond donors (Lipinski definition) is 1. The molecule has 2 aromatic carbocycles. The minimum absolute atomic E-state index is 0.0799. The first-order chi connectivity index (χ1) is 11.1. The Bertz CT molecular complexity index is 759. The molecule has 0 radical (unpaired) electrons. The van der Waals surface area contributed by atoms with Crippen LogP contribution in [0.4, 0.5) is 0 Å². The fourth-order valence-electron chi connectivity index (χ4n) is 2.96. The molecule has 0 amide bonds. The second-order valence-corrected chi connectivity index (χ2v) is 7.92. The van der Waals surface area contributed by atoms with E-state index in [9.17, 15) is 8.42 Å². The molecule has 122 valence electrons. The second-order valence-electron chi connectivity index (χ2n) is 5.89. The number of hydrogen-bond acceptors (Lipinski definition) is 4. The van der Waals surface area contributed by atoms with E-state index >= 15 is 0 Å². The summed E-state index contributed by atoms with van der Waals surface area (Å²) in [6.07, 6.45) is 0.840. The Morgan fingerprint density at radius 2 is 1.83 bits per heavy atom. The van der Waals surface area contributed by atoms with E-state index in [-0.39, 0.29) is 17.8 Å². The number of sulfone groups is 1. The topological polar surface area (TPSA) is 55.4 Å². The molecular formula is C18H21NO3S. The van der Waals surface area contributed by atoms with Gasteiger partial charge in [0.15, 0.2) is 9.84 Å². The molecule has 5 heteroatoms. The van der Waals surface area contributed by atoms with E-state index in [1.807, 2.05) is 37.3 Å². The lowest BCUT2D eigenvalue weighted by Gasteiger charge is -2.29. The monoisotopic (exact) mass is 331 g/mol. The molecule has 0 spiro atoms. The molecule has 3 rings (SSSR count). The van der Waals surface area contributed by atoms with Gasteiger partial charge in [0.25, 0.3) is 0 Å². The number of ether oxygens (including phenoxy) is 1. The number of para-hydroxylation sites is 1. The molecule has 1 N–H and O–H groups in total. The molecule has 0 saturated carbocycles. The lowest BCUT2D eigenvalue weighted by Crippen LogP contribution is -2.38. The lowest BCUT2D eigenvalue weighted by molar-refractivity contribution is 0.247. The third-order valence-corrected chi connectivity index (χ3v) is 5.95. The Hall–Kier alpha value is -1.85. The van der Waals surface area contributed by atoms with Gasteiger partial charge < -0.3 is 10.1 Å². The number of benzene rings is 2. The largest absolute Gasteiger partial charge is 0.493 e. The van der Waals surface area contributed by atoms with Crippen LogP contribution in [0.15, 0.2) is 59.5 Å². The van der Waals surface area contributed by atoms with E-state index in [0.717, 1.165) is 17.7 Å². The average Bonchev–Trinajstić information content (AvgIpc) is 2.55. The summed E-state index contributed by atoms with van der Waals surface area (Å²) in [5, 5.41) is 3.44. The summed E-state index contributed by atoms with van der Waals surface area (Å²) in [5.74, 6) is 0.964. The molecule has 1 aliphatic heterocycles. The molecule has 1 aliphatic rings. The highest BCUT2D eigenvalue weighted by Crippen LogP contribution is 2.31. The molecule has 0 fully saturated rings. The molecule has 0 aromatic heterocycles. The van der Waals surface area contributed by atoms with Gasteiger partial charge in [-0.05, 0) is 25.1 Å². The standard InChI is InChI=1S/C18H21NO3S/c1-14(13-23(20,21)15-7-3-2-4-8-15)19-17-11-12-22-18-10-6-5-9-16(17)18/h2-10,14,17,19H,11-13H2,1H3/t14-,17+/m0/s1. The van der Waals surface area contributed by atoms with Gasteiger partial charge in [-0.15, -0.1) is 0 Å². The maximum absolute atomic E-state index is 12.5. The predicted octanol–water partition coefficient (Wildman–Crippen LogP) is 2.96. The average molecular weight is 331 g/mol. The maximum atomic E-state index is 12.5. The molecule has 0 bridgehead atoms. The summed E-state index contributed by atoms with van der Waals surface area (Å²) in [4.78, 5) is 0.376. The molecule has 2 aromatic rings. The summed E-state index contributed by atoms with van der Waals surface area (Å²) in [7, 11) is -3.28. The van der Waals surface area contributed by atoms with Crippen LogP contribution in [0.25, 0.3) is 0 Å². The maximum Gasteiger partial charge on any atom is 0.179 e. The van der Waals surface area contributed by atoms with Gasteiger partial charge in [-0.3, -0.25) is 0 Å². The molecule has 0 aliphatic carbocycles. The van der Waals surface area contributed by atoms with Crippen LogP contribution in [0.1, 0.15) is 24.9 Å². The minimum Gasteiger partial charge on any atom is -0.493 e. The highest BCUT2D eigenvalue weighted by molar-refractivity contribution is 7.91. The third-order valence-electron chi connectivity index (χ3n) is 4.02. The van der Waals surface area contributed by atoms with E-state index in [2.05, 4.69) is 5.32 Å². The zero-order valence-electron chi connectivity index (χ0n) is 13.1. The van der Waals surface area contributed by atoms with Crippen LogP contribution >= 0.6 is 0 Å². The van der Waals surface area contributed by atoms with Crippen molar-refractivity contribution in [3.8, 4) is 5.75 Å². The van der Waals surface area contributed by atoms with Gasteiger partial charge in [0.05, 0.1) is 17.3 Å². The fourth-order valence-corrected chi connectivity index (χ4v) is 4.48. The van der Waals surface area contributed by atoms with E-state index in [1.165, 1.54) is 0 Å². The van der Waals surface area contributed by atoms with Crippen LogP contribution in [-0.4, -0.2) is 26.8 Å². The van der Waals surface area contributed by atoms with Crippen LogP contribution in [0.5, 0.6) is 5.75 Å². The van der Waals surface area contributed by atoms with Crippen LogP contribution < -0.4 is 10.1 Å². The van der Waals surface area contributed by atoms with Crippen molar-refractivity contribution in [3.05, 3.63) is 60.2 Å². The van der Waals surface area contributed by atoms with Gasteiger partial charge >= 0.3 is 0 Å². The van der Waals surface area contributed by atoms with Crippen LogP contribution in [0.3, 0.4) is 0 Å². The van der Waals surface area contributed by atoms with Crippen molar-refractivity contribution in [3.63, 3.8) is 0 Å². The van der Waals surface area contributed by atoms with E-state index < -0.39 is 9.84 Å². The normalized spacial score (nSPS) is 18.7. The minimum atomic E-state index is -3.28. The SMILES string of the molecule is C[C@@H](CS(=O)(=O)c1ccccc1)N[C@@H]1CCOc2ccccc21. The van der Waals surface area contributed by atoms with Crippen molar-refractivity contribution >= 4 is 9.84 Å². The van der Waals surface area contributed by atoms with Gasteiger partial charge in [-0.1, -0.05) is 36.4 Å². The number of nitrogens with one attached hydrogen (secondary N) is 1. The summed E-state index contributed by atoms with van der Waals surface area (Å²) in [5.41, 5.74) is 1.10. The van der Waals surface area contributed by atoms with Gasteiger partial charge in [0, 0.05) is 24.1 Å². The Morgan fingerprint density at radius 3 is 2.61 bits per heavy atom. The Labute approximate surface area is 137 Å². The van der Waals surface area contributed by atoms with Crippen molar-refractivity contribution < 1.29 is 13.2 Å². The Morgan fingerprint density at radius 1 is 1.13 bits per heavy atom. The molecule has 0 unspecified atom stereocenters. The van der Waals surface area contributed by atoms with Gasteiger partial charge in [0.2, 0.25) is 0 Å². The predicted molar refractivity (Wildman–Crippen MR) is 90.4 cm³/mol. The van der Waals surface area contributed by atoms with Crippen molar-refractivity contribution in [2.45, 2.75) is 30.3 Å². The number of rotatable bonds is 5. The van der Waals surface area contributed by atoms with Crippen molar-refractivity contribution in [2.24, 2.45) is 0 Å². The molecule has 2 atom stereocenters. The van der Waals surface area contributed by atoms with E-state index in [1.54, 1.807) is 24.3 Å². The van der Waals surface area contributed by atoms with Crippen molar-refractivity contribution in [1.29, 1.82) is 0 Å². The van der Waals surface area contributed by atoms with E-state index in [0.29, 0.717) is 11.5 Å². The fraction of sp³-hybridized carbons (Fsp3) is 0.333. The molecular weight excluding hydrogens is 310 g/mol. The quantitative estimate of drug-likeness (QED) is 0.915. The number of fused-ring (bicyclic) bond motifs is 1. The van der Waals surface area contributed by atoms with Gasteiger partial charge in [-0.25, -0.2) is 8.42 Å². The van der Waals surface area contributed by atoms with Crippen molar-refractivity contribution in [2.75, 3.05) is 12.4 Å². The summed E-state index contributed by atoms with van der Waals surface area (Å²) in [6, 6.07) is 16.5. The summed E-state index contributed by atoms with van der Waals surface area (Å²) < 4.78 is 30.6. The smallest absolute Gasteiger partial charge is 0.179 e. The van der Waals surface area contributed by atoms with Crippen LogP contribution in [0, 0.1) is 0 Å². The molecule has 0 saturated heterocycles. The first-order valence-electron chi connectivity index (χ1n) is 7.82. The second kappa shape index (κ2) is 6.72. The lowest BCUT2D eigenvalue weighted by atomic mass is 10.00. The van der Waals surface area contributed by atoms with Crippen LogP contribution in [0.2, 0.25) is 0 Å². The van der Waals surface area contributed by atoms with Crippen LogP contribution in [-0.2, 0) is 9.84 Å². The summed E-state index contributed by atoms with van der Waals surface area (Å²) >= 11 is 0. The molecule has 4 nitrogen and oxygen atoms in total. The molecule has 1 heterocycles. The van der Waals surface area contributed by atoms with Gasteiger partial charge in [0.1, 0.15) is 5.75 Å².